The van der Waals surface area contributed by atoms with E-state index < -0.39 is 11.9 Å². The number of benzene rings is 1. The fourth-order valence-corrected chi connectivity index (χ4v) is 2.27. The van der Waals surface area contributed by atoms with Crippen molar-refractivity contribution < 1.29 is 18.6 Å². The average molecular weight is 261 g/mol. The fourth-order valence-electron chi connectivity index (χ4n) is 1.67. The van der Waals surface area contributed by atoms with Crippen LogP contribution < -0.4 is 5.32 Å². The Bertz CT molecular complexity index is 378. The number of thioether (sulfide) groups is 1. The van der Waals surface area contributed by atoms with Crippen LogP contribution in [0.1, 0.15) is 0 Å². The number of rotatable bonds is 4. The van der Waals surface area contributed by atoms with Gasteiger partial charge in [-0.25, -0.2) is 0 Å². The molecule has 1 heterocycles. The van der Waals surface area contributed by atoms with Gasteiger partial charge >= 0.3 is 0 Å². The lowest BCUT2D eigenvalue weighted by molar-refractivity contribution is 0.125. The molecule has 2 unspecified atom stereocenters. The number of aliphatic hydroxyl groups excluding tert-OH is 1. The molecule has 1 aliphatic rings. The van der Waals surface area contributed by atoms with Gasteiger partial charge in [0, 0.05) is 10.6 Å². The third kappa shape index (κ3) is 3.31. The molecule has 3 nitrogen and oxygen atoms in total. The Labute approximate surface area is 102 Å². The highest BCUT2D eigenvalue weighted by atomic mass is 32.2. The van der Waals surface area contributed by atoms with Gasteiger partial charge in [0.1, 0.15) is 0 Å². The molecule has 1 saturated heterocycles. The van der Waals surface area contributed by atoms with E-state index in [-0.39, 0.29) is 12.6 Å². The molecule has 2 N–H and O–H groups in total. The summed E-state index contributed by atoms with van der Waals surface area (Å²) in [4.78, 5) is 0.474. The van der Waals surface area contributed by atoms with E-state index in [0.29, 0.717) is 29.0 Å². The summed E-state index contributed by atoms with van der Waals surface area (Å²) < 4.78 is 29.8. The number of nitrogens with one attached hydrogen (secondary N) is 1. The molecule has 0 aliphatic carbocycles. The maximum Gasteiger partial charge on any atom is 0.288 e. The molecule has 2 rings (SSSR count). The minimum Gasteiger partial charge on any atom is -0.388 e. The summed E-state index contributed by atoms with van der Waals surface area (Å²) >= 11 is 0.491. The number of halogens is 2. The van der Waals surface area contributed by atoms with Crippen LogP contribution in [0.25, 0.3) is 0 Å². The topological polar surface area (TPSA) is 41.5 Å². The van der Waals surface area contributed by atoms with Crippen LogP contribution in [0.4, 0.5) is 14.5 Å². The Morgan fingerprint density at radius 1 is 1.35 bits per heavy atom. The van der Waals surface area contributed by atoms with E-state index in [1.165, 1.54) is 0 Å². The van der Waals surface area contributed by atoms with Crippen LogP contribution in [0.5, 0.6) is 0 Å². The molecule has 0 aromatic heterocycles. The molecule has 0 bridgehead atoms. The van der Waals surface area contributed by atoms with Gasteiger partial charge < -0.3 is 15.2 Å². The molecule has 1 fully saturated rings. The van der Waals surface area contributed by atoms with Crippen LogP contribution in [0.2, 0.25) is 0 Å². The predicted molar refractivity (Wildman–Crippen MR) is 62.5 cm³/mol. The van der Waals surface area contributed by atoms with Crippen molar-refractivity contribution in [3.8, 4) is 0 Å². The molecule has 1 aromatic rings. The van der Waals surface area contributed by atoms with Gasteiger partial charge in [0.05, 0.1) is 25.4 Å². The predicted octanol–water partition coefficient (Wildman–Crippen LogP) is 2.17. The molecule has 0 spiro atoms. The molecule has 1 aliphatic heterocycles. The second kappa shape index (κ2) is 5.66. The summed E-state index contributed by atoms with van der Waals surface area (Å²) in [5, 5.41) is 12.6. The van der Waals surface area contributed by atoms with E-state index in [9.17, 15) is 13.9 Å². The SMILES string of the molecule is OC1COCC1Nc1ccccc1SC(F)F. The summed E-state index contributed by atoms with van der Waals surface area (Å²) in [6.45, 7) is 0.663. The van der Waals surface area contributed by atoms with E-state index in [4.69, 9.17) is 4.74 Å². The molecule has 94 valence electrons. The monoisotopic (exact) mass is 261 g/mol. The highest BCUT2D eigenvalue weighted by Crippen LogP contribution is 2.32. The summed E-state index contributed by atoms with van der Waals surface area (Å²) in [6.07, 6.45) is -0.598. The fraction of sp³-hybridized carbons (Fsp3) is 0.455. The molecule has 17 heavy (non-hydrogen) atoms. The van der Waals surface area contributed by atoms with E-state index in [2.05, 4.69) is 5.32 Å². The number of alkyl halides is 2. The lowest BCUT2D eigenvalue weighted by Crippen LogP contribution is -2.31. The Kier molecular flexibility index (Phi) is 4.20. The summed E-state index contributed by atoms with van der Waals surface area (Å²) in [5.41, 5.74) is 0.604. The minimum atomic E-state index is -2.46. The van der Waals surface area contributed by atoms with Gasteiger partial charge in [-0.3, -0.25) is 0 Å². The zero-order valence-corrected chi connectivity index (χ0v) is 9.79. The van der Waals surface area contributed by atoms with Crippen molar-refractivity contribution in [2.24, 2.45) is 0 Å². The molecule has 0 saturated carbocycles. The van der Waals surface area contributed by atoms with Crippen molar-refractivity contribution in [3.63, 3.8) is 0 Å². The highest BCUT2D eigenvalue weighted by molar-refractivity contribution is 7.99. The number of hydrogen-bond acceptors (Lipinski definition) is 4. The molecular weight excluding hydrogens is 248 g/mol. The van der Waals surface area contributed by atoms with Crippen molar-refractivity contribution in [3.05, 3.63) is 24.3 Å². The molecule has 6 heteroatoms. The van der Waals surface area contributed by atoms with Gasteiger partial charge in [-0.2, -0.15) is 8.78 Å². The second-order valence-corrected chi connectivity index (χ2v) is 4.76. The van der Waals surface area contributed by atoms with Crippen LogP contribution in [-0.4, -0.2) is 36.2 Å². The first kappa shape index (κ1) is 12.6. The van der Waals surface area contributed by atoms with Gasteiger partial charge in [-0.1, -0.05) is 23.9 Å². The van der Waals surface area contributed by atoms with Crippen LogP contribution in [0.3, 0.4) is 0 Å². The zero-order valence-electron chi connectivity index (χ0n) is 8.98. The Morgan fingerprint density at radius 3 is 2.76 bits per heavy atom. The first-order valence-electron chi connectivity index (χ1n) is 5.23. The summed E-state index contributed by atoms with van der Waals surface area (Å²) in [6, 6.07) is 6.57. The normalized spacial score (nSPS) is 24.2. The molecular formula is C11H13F2NO2S. The third-order valence-corrected chi connectivity index (χ3v) is 3.28. The lowest BCUT2D eigenvalue weighted by Gasteiger charge is -2.18. The Morgan fingerprint density at radius 2 is 2.12 bits per heavy atom. The van der Waals surface area contributed by atoms with Crippen LogP contribution in [0, 0.1) is 0 Å². The van der Waals surface area contributed by atoms with Crippen LogP contribution >= 0.6 is 11.8 Å². The van der Waals surface area contributed by atoms with Crippen molar-refractivity contribution in [1.82, 2.24) is 0 Å². The van der Waals surface area contributed by atoms with E-state index in [1.54, 1.807) is 24.3 Å². The number of aliphatic hydroxyl groups is 1. The van der Waals surface area contributed by atoms with Gasteiger partial charge in [-0.05, 0) is 12.1 Å². The molecule has 0 amide bonds. The van der Waals surface area contributed by atoms with Crippen molar-refractivity contribution >= 4 is 17.4 Å². The van der Waals surface area contributed by atoms with Crippen molar-refractivity contribution in [2.45, 2.75) is 22.8 Å². The average Bonchev–Trinajstić information content (AvgIpc) is 2.67. The van der Waals surface area contributed by atoms with Gasteiger partial charge in [0.25, 0.3) is 5.76 Å². The Hall–Kier alpha value is -0.850. The van der Waals surface area contributed by atoms with Crippen LogP contribution in [0.15, 0.2) is 29.2 Å². The third-order valence-electron chi connectivity index (χ3n) is 2.49. The van der Waals surface area contributed by atoms with E-state index >= 15 is 0 Å². The van der Waals surface area contributed by atoms with E-state index in [1.807, 2.05) is 0 Å². The molecule has 1 aromatic carbocycles. The standard InChI is InChI=1S/C11H13F2NO2S/c12-11(13)17-10-4-2-1-3-7(10)14-8-5-16-6-9(8)15/h1-4,8-9,11,14-15H,5-6H2. The van der Waals surface area contributed by atoms with Crippen molar-refractivity contribution in [2.75, 3.05) is 18.5 Å². The maximum absolute atomic E-state index is 12.4. The number of ether oxygens (including phenoxy) is 1. The first-order chi connectivity index (χ1) is 8.16. The summed E-state index contributed by atoms with van der Waals surface area (Å²) in [5.74, 6) is -2.46. The van der Waals surface area contributed by atoms with Crippen LogP contribution in [-0.2, 0) is 4.74 Å². The number of para-hydroxylation sites is 1. The lowest BCUT2D eigenvalue weighted by atomic mass is 10.2. The highest BCUT2D eigenvalue weighted by Gasteiger charge is 2.26. The number of anilines is 1. The van der Waals surface area contributed by atoms with Gasteiger partial charge in [0.2, 0.25) is 0 Å². The number of hydrogen-bond donors (Lipinski definition) is 2. The van der Waals surface area contributed by atoms with Gasteiger partial charge in [0.15, 0.2) is 0 Å². The molecule has 2 atom stereocenters. The zero-order chi connectivity index (χ0) is 12.3. The van der Waals surface area contributed by atoms with E-state index in [0.717, 1.165) is 0 Å². The first-order valence-corrected chi connectivity index (χ1v) is 6.11. The maximum atomic E-state index is 12.4. The van der Waals surface area contributed by atoms with Gasteiger partial charge in [-0.15, -0.1) is 0 Å². The summed E-state index contributed by atoms with van der Waals surface area (Å²) in [7, 11) is 0. The second-order valence-electron chi connectivity index (χ2n) is 3.73. The minimum absolute atomic E-state index is 0.241. The molecule has 0 radical (unpaired) electrons. The quantitative estimate of drug-likeness (QED) is 0.815. The smallest absolute Gasteiger partial charge is 0.288 e. The van der Waals surface area contributed by atoms with Crippen molar-refractivity contribution in [1.29, 1.82) is 0 Å². The Balaban J connectivity index is 2.09. The largest absolute Gasteiger partial charge is 0.388 e.